The van der Waals surface area contributed by atoms with Gasteiger partial charge in [0, 0.05) is 17.2 Å². The molecule has 0 aliphatic carbocycles. The molecule has 119 valence electrons. The summed E-state index contributed by atoms with van der Waals surface area (Å²) in [5.74, 6) is 0.194. The van der Waals surface area contributed by atoms with Crippen LogP contribution in [-0.4, -0.2) is 5.91 Å². The third-order valence-electron chi connectivity index (χ3n) is 4.01. The summed E-state index contributed by atoms with van der Waals surface area (Å²) in [7, 11) is 0. The van der Waals surface area contributed by atoms with Gasteiger partial charge in [0.05, 0.1) is 5.69 Å². The van der Waals surface area contributed by atoms with Gasteiger partial charge in [-0.3, -0.25) is 4.79 Å². The molecule has 0 aliphatic heterocycles. The predicted octanol–water partition coefficient (Wildman–Crippen LogP) is 5.53. The molecule has 0 aromatic heterocycles. The first-order valence-corrected chi connectivity index (χ1v) is 8.13. The standard InChI is InChI=1S/C22H20NO/c1-16(2)18-12-6-7-14-20(18)22(24)23-21-15-9-8-13-19(21)17-10-4-3-5-11-17/h3-14,16H,1-2H3,(H,23,24). The van der Waals surface area contributed by atoms with Crippen LogP contribution in [0.15, 0.2) is 72.8 Å². The van der Waals surface area contributed by atoms with Crippen molar-refractivity contribution in [1.29, 1.82) is 0 Å². The number of hydrogen-bond donors (Lipinski definition) is 1. The highest BCUT2D eigenvalue weighted by atomic mass is 16.1. The average molecular weight is 314 g/mol. The molecule has 0 heterocycles. The number of anilines is 1. The molecule has 24 heavy (non-hydrogen) atoms. The summed E-state index contributed by atoms with van der Waals surface area (Å²) in [5.41, 5.74) is 4.48. The van der Waals surface area contributed by atoms with Gasteiger partial charge in [0.15, 0.2) is 0 Å². The molecule has 3 aromatic rings. The number of amides is 1. The maximum absolute atomic E-state index is 12.8. The fourth-order valence-corrected chi connectivity index (χ4v) is 2.79. The molecular weight excluding hydrogens is 294 g/mol. The first-order valence-electron chi connectivity index (χ1n) is 8.13. The van der Waals surface area contributed by atoms with Crippen LogP contribution in [-0.2, 0) is 0 Å². The second-order valence-electron chi connectivity index (χ2n) is 6.02. The highest BCUT2D eigenvalue weighted by Gasteiger charge is 2.15. The Hall–Kier alpha value is -2.87. The molecular formula is C22H20NO. The molecule has 0 unspecified atom stereocenters. The van der Waals surface area contributed by atoms with Crippen molar-refractivity contribution in [1.82, 2.24) is 0 Å². The van der Waals surface area contributed by atoms with Crippen LogP contribution in [0.4, 0.5) is 5.69 Å². The Morgan fingerprint density at radius 3 is 2.38 bits per heavy atom. The quantitative estimate of drug-likeness (QED) is 0.674. The summed E-state index contributed by atoms with van der Waals surface area (Å²) in [6, 6.07) is 26.7. The smallest absolute Gasteiger partial charge is 0.255 e. The SMILES string of the molecule is CC(C)c1ccccc1C(=O)Nc1[c]cccc1-c1ccccc1. The van der Waals surface area contributed by atoms with Crippen molar-refractivity contribution in [3.05, 3.63) is 90.0 Å². The predicted molar refractivity (Wildman–Crippen MR) is 99.2 cm³/mol. The molecule has 1 N–H and O–H groups in total. The average Bonchev–Trinajstić information content (AvgIpc) is 2.63. The number of carbonyl (C=O) groups excluding carboxylic acids is 1. The van der Waals surface area contributed by atoms with E-state index in [0.29, 0.717) is 17.2 Å². The van der Waals surface area contributed by atoms with Crippen molar-refractivity contribution >= 4 is 11.6 Å². The minimum atomic E-state index is -0.0982. The second kappa shape index (κ2) is 7.14. The van der Waals surface area contributed by atoms with E-state index in [4.69, 9.17) is 0 Å². The lowest BCUT2D eigenvalue weighted by atomic mass is 9.96. The Balaban J connectivity index is 1.94. The van der Waals surface area contributed by atoms with Crippen LogP contribution in [0.1, 0.15) is 35.7 Å². The van der Waals surface area contributed by atoms with Crippen LogP contribution in [0.3, 0.4) is 0 Å². The Morgan fingerprint density at radius 1 is 0.917 bits per heavy atom. The number of rotatable bonds is 4. The van der Waals surface area contributed by atoms with E-state index < -0.39 is 0 Å². The molecule has 0 atom stereocenters. The minimum Gasteiger partial charge on any atom is -0.321 e. The van der Waals surface area contributed by atoms with Gasteiger partial charge in [-0.2, -0.15) is 0 Å². The van der Waals surface area contributed by atoms with Crippen molar-refractivity contribution in [2.45, 2.75) is 19.8 Å². The largest absolute Gasteiger partial charge is 0.321 e. The van der Waals surface area contributed by atoms with Crippen LogP contribution < -0.4 is 5.32 Å². The Kier molecular flexibility index (Phi) is 4.76. The topological polar surface area (TPSA) is 29.1 Å². The van der Waals surface area contributed by atoms with E-state index in [0.717, 1.165) is 16.7 Å². The molecule has 0 aliphatic rings. The third kappa shape index (κ3) is 3.38. The zero-order valence-electron chi connectivity index (χ0n) is 13.9. The van der Waals surface area contributed by atoms with Crippen LogP contribution in [0.2, 0.25) is 0 Å². The Morgan fingerprint density at radius 2 is 1.62 bits per heavy atom. The molecule has 2 nitrogen and oxygen atoms in total. The number of para-hydroxylation sites is 1. The number of benzene rings is 3. The molecule has 3 rings (SSSR count). The van der Waals surface area contributed by atoms with Gasteiger partial charge in [0.25, 0.3) is 5.91 Å². The minimum absolute atomic E-state index is 0.0982. The lowest BCUT2D eigenvalue weighted by Gasteiger charge is -2.14. The normalized spacial score (nSPS) is 10.6. The molecule has 2 heteroatoms. The van der Waals surface area contributed by atoms with Crippen LogP contribution in [0.25, 0.3) is 11.1 Å². The highest BCUT2D eigenvalue weighted by Crippen LogP contribution is 2.28. The van der Waals surface area contributed by atoms with Crippen molar-refractivity contribution in [3.63, 3.8) is 0 Å². The Labute approximate surface area is 143 Å². The van der Waals surface area contributed by atoms with Gasteiger partial charge in [0.1, 0.15) is 0 Å². The van der Waals surface area contributed by atoms with E-state index in [9.17, 15) is 4.79 Å². The van der Waals surface area contributed by atoms with Crippen LogP contribution >= 0.6 is 0 Å². The van der Waals surface area contributed by atoms with Gasteiger partial charge in [-0.15, -0.1) is 0 Å². The van der Waals surface area contributed by atoms with Crippen LogP contribution in [0, 0.1) is 6.07 Å². The van der Waals surface area contributed by atoms with E-state index in [1.54, 1.807) is 0 Å². The lowest BCUT2D eigenvalue weighted by molar-refractivity contribution is 0.102. The van der Waals surface area contributed by atoms with Crippen molar-refractivity contribution < 1.29 is 4.79 Å². The van der Waals surface area contributed by atoms with Gasteiger partial charge < -0.3 is 5.32 Å². The zero-order valence-corrected chi connectivity index (χ0v) is 13.9. The summed E-state index contributed by atoms with van der Waals surface area (Å²) in [4.78, 5) is 12.8. The van der Waals surface area contributed by atoms with Gasteiger partial charge in [-0.05, 0) is 23.1 Å². The van der Waals surface area contributed by atoms with Crippen molar-refractivity contribution in [3.8, 4) is 11.1 Å². The zero-order chi connectivity index (χ0) is 16.9. The van der Waals surface area contributed by atoms with E-state index in [-0.39, 0.29) is 5.91 Å². The number of nitrogens with one attached hydrogen (secondary N) is 1. The van der Waals surface area contributed by atoms with Crippen molar-refractivity contribution in [2.75, 3.05) is 5.32 Å². The first-order chi connectivity index (χ1) is 11.7. The van der Waals surface area contributed by atoms with E-state index in [1.807, 2.05) is 72.8 Å². The monoisotopic (exact) mass is 314 g/mol. The molecule has 0 saturated carbocycles. The molecule has 0 spiro atoms. The molecule has 1 radical (unpaired) electrons. The molecule has 1 amide bonds. The Bertz CT molecular complexity index is 837. The van der Waals surface area contributed by atoms with Crippen molar-refractivity contribution in [2.24, 2.45) is 0 Å². The summed E-state index contributed by atoms with van der Waals surface area (Å²) >= 11 is 0. The van der Waals surface area contributed by atoms with Crippen LogP contribution in [0.5, 0.6) is 0 Å². The molecule has 0 fully saturated rings. The van der Waals surface area contributed by atoms with Gasteiger partial charge in [0.2, 0.25) is 0 Å². The summed E-state index contributed by atoms with van der Waals surface area (Å²) in [6.07, 6.45) is 0. The van der Waals surface area contributed by atoms with E-state index >= 15 is 0 Å². The maximum atomic E-state index is 12.8. The highest BCUT2D eigenvalue weighted by molar-refractivity contribution is 6.07. The maximum Gasteiger partial charge on any atom is 0.255 e. The van der Waals surface area contributed by atoms with Gasteiger partial charge in [-0.25, -0.2) is 0 Å². The van der Waals surface area contributed by atoms with E-state index in [2.05, 4.69) is 25.2 Å². The summed E-state index contributed by atoms with van der Waals surface area (Å²) in [5, 5.41) is 3.03. The van der Waals surface area contributed by atoms with Gasteiger partial charge >= 0.3 is 0 Å². The lowest BCUT2D eigenvalue weighted by Crippen LogP contribution is -2.15. The third-order valence-corrected chi connectivity index (χ3v) is 4.01. The molecule has 3 aromatic carbocycles. The first kappa shape index (κ1) is 16.0. The number of hydrogen-bond acceptors (Lipinski definition) is 1. The van der Waals surface area contributed by atoms with Gasteiger partial charge in [-0.1, -0.05) is 80.6 Å². The molecule has 0 saturated heterocycles. The summed E-state index contributed by atoms with van der Waals surface area (Å²) < 4.78 is 0. The molecule has 0 bridgehead atoms. The van der Waals surface area contributed by atoms with E-state index in [1.165, 1.54) is 0 Å². The summed E-state index contributed by atoms with van der Waals surface area (Å²) in [6.45, 7) is 4.19. The fraction of sp³-hybridized carbons (Fsp3) is 0.136. The fourth-order valence-electron chi connectivity index (χ4n) is 2.79. The second-order valence-corrected chi connectivity index (χ2v) is 6.02. The number of carbonyl (C=O) groups is 1.